The van der Waals surface area contributed by atoms with E-state index < -0.39 is 6.09 Å². The smallest absolute Gasteiger partial charge is 0.411 e. The molecule has 0 bridgehead atoms. The van der Waals surface area contributed by atoms with Crippen molar-refractivity contribution in [1.82, 2.24) is 0 Å². The molecule has 0 fully saturated rings. The first-order chi connectivity index (χ1) is 9.13. The van der Waals surface area contributed by atoms with Gasteiger partial charge in [0, 0.05) is 12.3 Å². The Bertz CT molecular complexity index is 413. The molecule has 0 aliphatic heterocycles. The van der Waals surface area contributed by atoms with Crippen molar-refractivity contribution in [2.24, 2.45) is 0 Å². The summed E-state index contributed by atoms with van der Waals surface area (Å²) in [6.07, 6.45) is 1.55. The monoisotopic (exact) mass is 305 g/mol. The van der Waals surface area contributed by atoms with Gasteiger partial charge in [-0.3, -0.25) is 5.32 Å². The molecule has 0 aliphatic rings. The highest BCUT2D eigenvalue weighted by Crippen LogP contribution is 2.24. The molecule has 0 atom stereocenters. The van der Waals surface area contributed by atoms with Gasteiger partial charge in [-0.05, 0) is 24.6 Å². The number of benzene rings is 1. The van der Waals surface area contributed by atoms with E-state index in [1.807, 2.05) is 0 Å². The third-order valence-electron chi connectivity index (χ3n) is 2.27. The van der Waals surface area contributed by atoms with E-state index in [0.29, 0.717) is 28.9 Å². The Morgan fingerprint density at radius 1 is 1.21 bits per heavy atom. The van der Waals surface area contributed by atoms with Gasteiger partial charge in [0.05, 0.1) is 16.7 Å². The lowest BCUT2D eigenvalue weighted by atomic mass is 10.3. The van der Waals surface area contributed by atoms with E-state index in [2.05, 4.69) is 12.2 Å². The minimum Gasteiger partial charge on any atom is -0.447 e. The molecule has 4 nitrogen and oxygen atoms in total. The van der Waals surface area contributed by atoms with Crippen LogP contribution in [0.5, 0.6) is 0 Å². The van der Waals surface area contributed by atoms with Crippen LogP contribution in [0.15, 0.2) is 18.2 Å². The Kier molecular flexibility index (Phi) is 7.63. The predicted octanol–water partition coefficient (Wildman–Crippen LogP) is 4.36. The van der Waals surface area contributed by atoms with Crippen LogP contribution in [0.1, 0.15) is 19.8 Å². The first kappa shape index (κ1) is 16.1. The number of amides is 1. The van der Waals surface area contributed by atoms with Gasteiger partial charge in [-0.15, -0.1) is 0 Å². The van der Waals surface area contributed by atoms with Crippen molar-refractivity contribution in [2.75, 3.05) is 25.1 Å². The van der Waals surface area contributed by atoms with Gasteiger partial charge >= 0.3 is 6.09 Å². The number of nitrogens with one attached hydrogen (secondary N) is 1. The largest absolute Gasteiger partial charge is 0.447 e. The Morgan fingerprint density at radius 3 is 2.68 bits per heavy atom. The Morgan fingerprint density at radius 2 is 2.00 bits per heavy atom. The lowest BCUT2D eigenvalue weighted by molar-refractivity contribution is 0.0768. The van der Waals surface area contributed by atoms with E-state index in [4.69, 9.17) is 32.7 Å². The van der Waals surface area contributed by atoms with Gasteiger partial charge in [0.25, 0.3) is 0 Å². The summed E-state index contributed by atoms with van der Waals surface area (Å²) < 4.78 is 10.2. The fourth-order valence-corrected chi connectivity index (χ4v) is 1.57. The molecule has 0 heterocycles. The van der Waals surface area contributed by atoms with Crippen molar-refractivity contribution in [2.45, 2.75) is 19.8 Å². The molecule has 106 valence electrons. The highest BCUT2D eigenvalue weighted by atomic mass is 35.5. The highest BCUT2D eigenvalue weighted by molar-refractivity contribution is 6.42. The fraction of sp³-hybridized carbons (Fsp3) is 0.462. The SMILES string of the molecule is CCCCOCCOC(=O)Nc1ccc(Cl)c(Cl)c1. The van der Waals surface area contributed by atoms with Crippen molar-refractivity contribution < 1.29 is 14.3 Å². The van der Waals surface area contributed by atoms with Gasteiger partial charge in [-0.2, -0.15) is 0 Å². The number of rotatable bonds is 7. The van der Waals surface area contributed by atoms with E-state index in [9.17, 15) is 4.79 Å². The third-order valence-corrected chi connectivity index (χ3v) is 3.01. The fourth-order valence-electron chi connectivity index (χ4n) is 1.27. The summed E-state index contributed by atoms with van der Waals surface area (Å²) in [5.41, 5.74) is 0.534. The van der Waals surface area contributed by atoms with Crippen molar-refractivity contribution in [3.8, 4) is 0 Å². The molecular formula is C13H17Cl2NO3. The van der Waals surface area contributed by atoms with Crippen LogP contribution < -0.4 is 5.32 Å². The summed E-state index contributed by atoms with van der Waals surface area (Å²) in [6.45, 7) is 3.39. The molecule has 0 saturated heterocycles. The quantitative estimate of drug-likeness (QED) is 0.761. The summed E-state index contributed by atoms with van der Waals surface area (Å²) in [6, 6.07) is 4.81. The van der Waals surface area contributed by atoms with Crippen LogP contribution in [0.4, 0.5) is 10.5 Å². The summed E-state index contributed by atoms with van der Waals surface area (Å²) in [4.78, 5) is 11.4. The maximum absolute atomic E-state index is 11.4. The number of halogens is 2. The first-order valence-corrected chi connectivity index (χ1v) is 6.85. The third kappa shape index (κ3) is 6.66. The molecule has 0 aromatic heterocycles. The standard InChI is InChI=1S/C13H17Cl2NO3/c1-2-3-6-18-7-8-19-13(17)16-10-4-5-11(14)12(15)9-10/h4-5,9H,2-3,6-8H2,1H3,(H,16,17). The second-order valence-electron chi connectivity index (χ2n) is 3.86. The van der Waals surface area contributed by atoms with Crippen molar-refractivity contribution in [3.63, 3.8) is 0 Å². The molecule has 1 rings (SSSR count). The van der Waals surface area contributed by atoms with Crippen molar-refractivity contribution in [3.05, 3.63) is 28.2 Å². The highest BCUT2D eigenvalue weighted by Gasteiger charge is 2.05. The van der Waals surface area contributed by atoms with Gasteiger partial charge in [0.15, 0.2) is 0 Å². The maximum Gasteiger partial charge on any atom is 0.411 e. The van der Waals surface area contributed by atoms with Crippen LogP contribution in [0.25, 0.3) is 0 Å². The van der Waals surface area contributed by atoms with Crippen LogP contribution >= 0.6 is 23.2 Å². The molecule has 1 amide bonds. The number of hydrogen-bond acceptors (Lipinski definition) is 3. The summed E-state index contributed by atoms with van der Waals surface area (Å²) >= 11 is 11.6. The lowest BCUT2D eigenvalue weighted by Gasteiger charge is -2.08. The molecule has 0 aliphatic carbocycles. The van der Waals surface area contributed by atoms with E-state index in [-0.39, 0.29) is 6.61 Å². The lowest BCUT2D eigenvalue weighted by Crippen LogP contribution is -2.16. The second-order valence-corrected chi connectivity index (χ2v) is 4.67. The zero-order valence-electron chi connectivity index (χ0n) is 10.7. The molecule has 19 heavy (non-hydrogen) atoms. The average molecular weight is 306 g/mol. The normalized spacial score (nSPS) is 10.3. The van der Waals surface area contributed by atoms with E-state index in [1.165, 1.54) is 0 Å². The van der Waals surface area contributed by atoms with E-state index >= 15 is 0 Å². The molecular weight excluding hydrogens is 289 g/mol. The van der Waals surface area contributed by atoms with Crippen LogP contribution in [0, 0.1) is 0 Å². The predicted molar refractivity (Wildman–Crippen MR) is 77.2 cm³/mol. The Balaban J connectivity index is 2.21. The van der Waals surface area contributed by atoms with Crippen LogP contribution in [-0.4, -0.2) is 25.9 Å². The number of carbonyl (C=O) groups excluding carboxylic acids is 1. The zero-order chi connectivity index (χ0) is 14.1. The van der Waals surface area contributed by atoms with Crippen molar-refractivity contribution in [1.29, 1.82) is 0 Å². The maximum atomic E-state index is 11.4. The average Bonchev–Trinajstić information content (AvgIpc) is 2.38. The second kappa shape index (κ2) is 9.02. The van der Waals surface area contributed by atoms with Crippen LogP contribution in [0.3, 0.4) is 0 Å². The number of hydrogen-bond donors (Lipinski definition) is 1. The minimum absolute atomic E-state index is 0.219. The molecule has 0 saturated carbocycles. The number of anilines is 1. The van der Waals surface area contributed by atoms with Gasteiger partial charge in [-0.1, -0.05) is 36.5 Å². The molecule has 6 heteroatoms. The van der Waals surface area contributed by atoms with Gasteiger partial charge < -0.3 is 9.47 Å². The molecule has 1 aromatic rings. The number of ether oxygens (including phenoxy) is 2. The molecule has 0 spiro atoms. The summed E-state index contributed by atoms with van der Waals surface area (Å²) in [5, 5.41) is 3.36. The number of unbranched alkanes of at least 4 members (excludes halogenated alkanes) is 1. The van der Waals surface area contributed by atoms with E-state index in [0.717, 1.165) is 12.8 Å². The van der Waals surface area contributed by atoms with E-state index in [1.54, 1.807) is 18.2 Å². The zero-order valence-corrected chi connectivity index (χ0v) is 12.3. The molecule has 1 N–H and O–H groups in total. The Hall–Kier alpha value is -0.970. The number of carbonyl (C=O) groups is 1. The topological polar surface area (TPSA) is 47.6 Å². The summed E-state index contributed by atoms with van der Waals surface area (Å²) in [7, 11) is 0. The van der Waals surface area contributed by atoms with Crippen LogP contribution in [0.2, 0.25) is 10.0 Å². The first-order valence-electron chi connectivity index (χ1n) is 6.10. The van der Waals surface area contributed by atoms with Gasteiger partial charge in [0.1, 0.15) is 6.61 Å². The van der Waals surface area contributed by atoms with Gasteiger partial charge in [-0.25, -0.2) is 4.79 Å². The van der Waals surface area contributed by atoms with Gasteiger partial charge in [0.2, 0.25) is 0 Å². The molecule has 0 radical (unpaired) electrons. The van der Waals surface area contributed by atoms with Crippen molar-refractivity contribution >= 4 is 35.0 Å². The summed E-state index contributed by atoms with van der Waals surface area (Å²) in [5.74, 6) is 0. The molecule has 0 unspecified atom stereocenters. The minimum atomic E-state index is -0.544. The molecule has 1 aromatic carbocycles. The van der Waals surface area contributed by atoms with Crippen LogP contribution in [-0.2, 0) is 9.47 Å². The Labute approximate surface area is 123 Å².